The number of para-hydroxylation sites is 2. The van der Waals surface area contributed by atoms with Gasteiger partial charge in [0.2, 0.25) is 0 Å². The number of nitrogen functional groups attached to an aromatic ring is 1. The normalized spacial score (nSPS) is 11.2. The smallest absolute Gasteiger partial charge is 0.343 e. The molecule has 0 fully saturated rings. The molecular weight excluding hydrogens is 570 g/mol. The maximum atomic E-state index is 12.2. The van der Waals surface area contributed by atoms with Crippen molar-refractivity contribution in [2.45, 2.75) is 11.3 Å². The first kappa shape index (κ1) is 27.4. The molecule has 0 radical (unpaired) electrons. The number of nitrogens with two attached hydrogens (primary N) is 1. The van der Waals surface area contributed by atoms with Gasteiger partial charge in [-0.1, -0.05) is 24.3 Å². The number of fused-ring (bicyclic) bond motifs is 2. The standard InChI is InChI=1S/C19H12O6.C9H9N3O2S2/c20-16-10-5-1-3-7-14(10)24-18(22)12(16)9-13-17(21)11-6-2-4-8-15(11)25-19(13)23;10-7-1-3-8(4-2-7)16(13,14)12-9-11-5-6-15-9/h1-8,20-21H,9H2;1-6H,10H2,(H,11,12). The third-order valence-corrected chi connectivity index (χ3v) is 8.12. The molecule has 41 heavy (non-hydrogen) atoms. The van der Waals surface area contributed by atoms with Crippen molar-refractivity contribution in [1.29, 1.82) is 0 Å². The molecule has 0 saturated carbocycles. The number of benzene rings is 3. The molecule has 0 spiro atoms. The zero-order valence-electron chi connectivity index (χ0n) is 21.0. The van der Waals surface area contributed by atoms with Crippen LogP contribution in [0.5, 0.6) is 11.5 Å². The van der Waals surface area contributed by atoms with Crippen molar-refractivity contribution in [3.05, 3.63) is 116 Å². The summed E-state index contributed by atoms with van der Waals surface area (Å²) >= 11 is 1.22. The van der Waals surface area contributed by atoms with Gasteiger partial charge in [-0.25, -0.2) is 23.0 Å². The van der Waals surface area contributed by atoms with Crippen LogP contribution >= 0.6 is 11.3 Å². The van der Waals surface area contributed by atoms with Crippen molar-refractivity contribution in [3.63, 3.8) is 0 Å². The molecule has 6 rings (SSSR count). The van der Waals surface area contributed by atoms with Gasteiger partial charge < -0.3 is 24.8 Å². The van der Waals surface area contributed by atoms with Gasteiger partial charge in [0.1, 0.15) is 22.7 Å². The third kappa shape index (κ3) is 5.76. The average Bonchev–Trinajstić information content (AvgIpc) is 3.45. The van der Waals surface area contributed by atoms with Crippen molar-refractivity contribution in [2.24, 2.45) is 0 Å². The van der Waals surface area contributed by atoms with Crippen LogP contribution in [0.1, 0.15) is 11.1 Å². The Balaban J connectivity index is 0.000000182. The van der Waals surface area contributed by atoms with Crippen LogP contribution < -0.4 is 21.7 Å². The minimum Gasteiger partial charge on any atom is -0.507 e. The van der Waals surface area contributed by atoms with Crippen molar-refractivity contribution in [1.82, 2.24) is 4.98 Å². The van der Waals surface area contributed by atoms with Crippen molar-refractivity contribution in [3.8, 4) is 11.5 Å². The summed E-state index contributed by atoms with van der Waals surface area (Å²) in [6.45, 7) is 0. The second-order valence-electron chi connectivity index (χ2n) is 8.61. The summed E-state index contributed by atoms with van der Waals surface area (Å²) in [4.78, 5) is 28.4. The van der Waals surface area contributed by atoms with Gasteiger partial charge in [-0.15, -0.1) is 11.3 Å². The Bertz CT molecular complexity index is 1990. The molecule has 0 aliphatic heterocycles. The number of thiazole rings is 1. The quantitative estimate of drug-likeness (QED) is 0.165. The van der Waals surface area contributed by atoms with E-state index in [1.165, 1.54) is 41.8 Å². The number of anilines is 2. The summed E-state index contributed by atoms with van der Waals surface area (Å²) in [5, 5.41) is 23.6. The van der Waals surface area contributed by atoms with Gasteiger partial charge in [-0.3, -0.25) is 4.72 Å². The summed E-state index contributed by atoms with van der Waals surface area (Å²) in [5.41, 5.74) is 4.70. The number of hydrogen-bond donors (Lipinski definition) is 4. The molecule has 0 aliphatic carbocycles. The van der Waals surface area contributed by atoms with E-state index in [0.717, 1.165) is 0 Å². The van der Waals surface area contributed by atoms with Gasteiger partial charge in [0.15, 0.2) is 5.13 Å². The molecule has 13 heteroatoms. The molecule has 0 bridgehead atoms. The zero-order valence-corrected chi connectivity index (χ0v) is 22.6. The van der Waals surface area contributed by atoms with Crippen molar-refractivity contribution < 1.29 is 27.5 Å². The Morgan fingerprint density at radius 1 is 0.805 bits per heavy atom. The molecule has 0 saturated heterocycles. The molecule has 3 heterocycles. The number of sulfonamides is 1. The van der Waals surface area contributed by atoms with E-state index in [1.807, 2.05) is 0 Å². The minimum absolute atomic E-state index is 0.114. The topological polar surface area (TPSA) is 186 Å². The predicted octanol–water partition coefficient (Wildman–Crippen LogP) is 4.43. The second-order valence-corrected chi connectivity index (χ2v) is 11.2. The van der Waals surface area contributed by atoms with Crippen LogP contribution in [0.15, 0.2) is 108 Å². The van der Waals surface area contributed by atoms with Crippen LogP contribution in [0.3, 0.4) is 0 Å². The molecule has 3 aromatic carbocycles. The molecule has 3 aromatic heterocycles. The molecule has 208 valence electrons. The van der Waals surface area contributed by atoms with Gasteiger partial charge in [-0.2, -0.15) is 0 Å². The Morgan fingerprint density at radius 2 is 1.32 bits per heavy atom. The summed E-state index contributed by atoms with van der Waals surface area (Å²) in [6, 6.07) is 19.0. The van der Waals surface area contributed by atoms with E-state index >= 15 is 0 Å². The van der Waals surface area contributed by atoms with E-state index < -0.39 is 21.3 Å². The zero-order chi connectivity index (χ0) is 29.1. The predicted molar refractivity (Wildman–Crippen MR) is 155 cm³/mol. The maximum absolute atomic E-state index is 12.2. The van der Waals surface area contributed by atoms with E-state index in [0.29, 0.717) is 21.6 Å². The lowest BCUT2D eigenvalue weighted by Crippen LogP contribution is -2.14. The molecular formula is C28H21N3O8S2. The van der Waals surface area contributed by atoms with Gasteiger partial charge in [0.05, 0.1) is 26.8 Å². The fourth-order valence-corrected chi connectivity index (χ4v) is 5.72. The first-order chi connectivity index (χ1) is 19.6. The van der Waals surface area contributed by atoms with Crippen molar-refractivity contribution >= 4 is 54.1 Å². The summed E-state index contributed by atoms with van der Waals surface area (Å²) in [5.74, 6) is -0.558. The maximum Gasteiger partial charge on any atom is 0.343 e. The van der Waals surface area contributed by atoms with E-state index in [9.17, 15) is 28.2 Å². The van der Waals surface area contributed by atoms with E-state index in [2.05, 4.69) is 9.71 Å². The lowest BCUT2D eigenvalue weighted by molar-refractivity contribution is 0.448. The van der Waals surface area contributed by atoms with Gasteiger partial charge in [0.25, 0.3) is 10.0 Å². The van der Waals surface area contributed by atoms with Crippen LogP contribution in [0, 0.1) is 0 Å². The van der Waals surface area contributed by atoms with Crippen LogP contribution in [-0.2, 0) is 16.4 Å². The van der Waals surface area contributed by atoms with E-state index in [-0.39, 0.29) is 45.1 Å². The molecule has 0 atom stereocenters. The SMILES string of the molecule is Nc1ccc(S(=O)(=O)Nc2nccs2)cc1.O=c1oc2ccccc2c(O)c1Cc1c(O)c2ccccc2oc1=O. The van der Waals surface area contributed by atoms with Crippen molar-refractivity contribution in [2.75, 3.05) is 10.5 Å². The minimum atomic E-state index is -3.56. The highest BCUT2D eigenvalue weighted by atomic mass is 32.2. The fraction of sp³-hybridized carbons (Fsp3) is 0.0357. The van der Waals surface area contributed by atoms with Crippen LogP contribution in [0.2, 0.25) is 0 Å². The number of rotatable bonds is 5. The molecule has 6 aromatic rings. The first-order valence-corrected chi connectivity index (χ1v) is 14.3. The highest BCUT2D eigenvalue weighted by molar-refractivity contribution is 7.93. The number of aromatic hydroxyl groups is 2. The molecule has 0 unspecified atom stereocenters. The van der Waals surface area contributed by atoms with Crippen LogP contribution in [0.4, 0.5) is 10.8 Å². The summed E-state index contributed by atoms with van der Waals surface area (Å²) in [6.07, 6.45) is 1.23. The Hall–Kier alpha value is -5.14. The third-order valence-electron chi connectivity index (χ3n) is 5.95. The lowest BCUT2D eigenvalue weighted by Gasteiger charge is -2.08. The molecule has 0 amide bonds. The van der Waals surface area contributed by atoms with Gasteiger partial charge in [0, 0.05) is 23.7 Å². The van der Waals surface area contributed by atoms with Gasteiger partial charge in [-0.05, 0) is 48.5 Å². The molecule has 5 N–H and O–H groups in total. The number of aromatic nitrogens is 1. The first-order valence-electron chi connectivity index (χ1n) is 11.9. The van der Waals surface area contributed by atoms with Crippen LogP contribution in [0.25, 0.3) is 21.9 Å². The monoisotopic (exact) mass is 591 g/mol. The summed E-state index contributed by atoms with van der Waals surface area (Å²) in [7, 11) is -3.56. The Morgan fingerprint density at radius 3 is 1.80 bits per heavy atom. The average molecular weight is 592 g/mol. The lowest BCUT2D eigenvalue weighted by atomic mass is 10.0. The number of hydrogen-bond acceptors (Lipinski definition) is 11. The largest absolute Gasteiger partial charge is 0.507 e. The van der Waals surface area contributed by atoms with E-state index in [1.54, 1.807) is 53.9 Å². The Kier molecular flexibility index (Phi) is 7.46. The van der Waals surface area contributed by atoms with Gasteiger partial charge >= 0.3 is 11.3 Å². The fourth-order valence-electron chi connectivity index (χ4n) is 3.93. The summed E-state index contributed by atoms with van der Waals surface area (Å²) < 4.78 is 36.4. The highest BCUT2D eigenvalue weighted by Crippen LogP contribution is 2.31. The number of nitrogens with one attached hydrogen (secondary N) is 1. The van der Waals surface area contributed by atoms with Crippen LogP contribution in [-0.4, -0.2) is 23.6 Å². The second kappa shape index (κ2) is 11.2. The molecule has 0 aliphatic rings. The van der Waals surface area contributed by atoms with E-state index in [4.69, 9.17) is 14.6 Å². The number of nitrogens with zero attached hydrogens (tertiary/aromatic N) is 1. The Labute approximate surface area is 235 Å². The highest BCUT2D eigenvalue weighted by Gasteiger charge is 2.20. The molecule has 11 nitrogen and oxygen atoms in total.